The van der Waals surface area contributed by atoms with Crippen molar-refractivity contribution in [1.82, 2.24) is 0 Å². The molecule has 0 fully saturated rings. The van der Waals surface area contributed by atoms with Crippen LogP contribution in [0.15, 0.2) is 30.3 Å². The van der Waals surface area contributed by atoms with Gasteiger partial charge in [-0.15, -0.1) is 11.3 Å². The van der Waals surface area contributed by atoms with Gasteiger partial charge in [0.2, 0.25) is 0 Å². The topological polar surface area (TPSA) is 26.0 Å². The Kier molecular flexibility index (Phi) is 3.60. The molecular weight excluding hydrogens is 233 g/mol. The first-order chi connectivity index (χ1) is 8.11. The molecular formula is C14H16FNS. The molecule has 1 heterocycles. The molecule has 90 valence electrons. The number of rotatable bonds is 3. The fraction of sp³-hybridized carbons (Fsp3) is 0.286. The number of thiophene rings is 1. The fourth-order valence-corrected chi connectivity index (χ4v) is 2.85. The lowest BCUT2D eigenvalue weighted by molar-refractivity contribution is 0.626. The van der Waals surface area contributed by atoms with E-state index >= 15 is 0 Å². The second-order valence-corrected chi connectivity index (χ2v) is 5.48. The molecule has 0 atom stereocenters. The van der Waals surface area contributed by atoms with E-state index in [0.717, 1.165) is 16.0 Å². The Labute approximate surface area is 105 Å². The Morgan fingerprint density at radius 2 is 2.00 bits per heavy atom. The molecule has 0 unspecified atom stereocenters. The molecule has 0 radical (unpaired) electrons. The largest absolute Gasteiger partial charge is 0.326 e. The van der Waals surface area contributed by atoms with Crippen LogP contribution in [0.5, 0.6) is 0 Å². The molecule has 0 saturated carbocycles. The van der Waals surface area contributed by atoms with Crippen LogP contribution in [0.3, 0.4) is 0 Å². The van der Waals surface area contributed by atoms with Gasteiger partial charge in [-0.3, -0.25) is 0 Å². The van der Waals surface area contributed by atoms with E-state index in [0.29, 0.717) is 12.5 Å². The number of hydrogen-bond donors (Lipinski definition) is 1. The number of nitrogens with two attached hydrogens (primary N) is 1. The highest BCUT2D eigenvalue weighted by molar-refractivity contribution is 7.15. The third-order valence-corrected chi connectivity index (χ3v) is 4.17. The Bertz CT molecular complexity index is 517. The van der Waals surface area contributed by atoms with Gasteiger partial charge >= 0.3 is 0 Å². The maximum absolute atomic E-state index is 13.1. The molecule has 2 N–H and O–H groups in total. The van der Waals surface area contributed by atoms with Crippen LogP contribution in [0.25, 0.3) is 10.4 Å². The van der Waals surface area contributed by atoms with E-state index < -0.39 is 0 Å². The zero-order valence-electron chi connectivity index (χ0n) is 10.0. The molecule has 3 heteroatoms. The van der Waals surface area contributed by atoms with Crippen molar-refractivity contribution in [3.8, 4) is 10.4 Å². The molecule has 0 saturated heterocycles. The van der Waals surface area contributed by atoms with Crippen molar-refractivity contribution in [2.24, 2.45) is 5.73 Å². The Balaban J connectivity index is 2.44. The first kappa shape index (κ1) is 12.3. The number of benzene rings is 1. The summed E-state index contributed by atoms with van der Waals surface area (Å²) >= 11 is 1.75. The SMILES string of the molecule is CC(C)c1ccc(-c2ccc(F)cc2CN)s1. The quantitative estimate of drug-likeness (QED) is 0.869. The summed E-state index contributed by atoms with van der Waals surface area (Å²) in [7, 11) is 0. The summed E-state index contributed by atoms with van der Waals surface area (Å²) in [4.78, 5) is 2.50. The molecule has 1 aromatic carbocycles. The van der Waals surface area contributed by atoms with Crippen LogP contribution in [-0.2, 0) is 6.54 Å². The maximum Gasteiger partial charge on any atom is 0.123 e. The Hall–Kier alpha value is -1.19. The van der Waals surface area contributed by atoms with Crippen LogP contribution >= 0.6 is 11.3 Å². The third kappa shape index (κ3) is 2.56. The van der Waals surface area contributed by atoms with E-state index in [-0.39, 0.29) is 5.82 Å². The van der Waals surface area contributed by atoms with E-state index in [1.165, 1.54) is 17.0 Å². The second-order valence-electron chi connectivity index (χ2n) is 4.36. The minimum atomic E-state index is -0.227. The first-order valence-electron chi connectivity index (χ1n) is 5.70. The van der Waals surface area contributed by atoms with Gasteiger partial charge in [0, 0.05) is 16.3 Å². The van der Waals surface area contributed by atoms with Crippen molar-refractivity contribution in [3.05, 3.63) is 46.6 Å². The van der Waals surface area contributed by atoms with Crippen LogP contribution in [-0.4, -0.2) is 0 Å². The summed E-state index contributed by atoms with van der Waals surface area (Å²) in [5.74, 6) is 0.297. The standard InChI is InChI=1S/C14H16FNS/c1-9(2)13-5-6-14(17-13)12-4-3-11(15)7-10(12)8-16/h3-7,9H,8,16H2,1-2H3. The van der Waals surface area contributed by atoms with Crippen LogP contribution in [0.4, 0.5) is 4.39 Å². The molecule has 0 spiro atoms. The van der Waals surface area contributed by atoms with Crippen LogP contribution in [0, 0.1) is 5.82 Å². The van der Waals surface area contributed by atoms with E-state index in [9.17, 15) is 4.39 Å². The molecule has 0 aliphatic heterocycles. The lowest BCUT2D eigenvalue weighted by Gasteiger charge is -2.06. The van der Waals surface area contributed by atoms with Crippen molar-refractivity contribution >= 4 is 11.3 Å². The van der Waals surface area contributed by atoms with Crippen molar-refractivity contribution in [3.63, 3.8) is 0 Å². The van der Waals surface area contributed by atoms with Crippen LogP contribution < -0.4 is 5.73 Å². The molecule has 2 aromatic rings. The van der Waals surface area contributed by atoms with Gasteiger partial charge in [-0.2, -0.15) is 0 Å². The molecule has 0 amide bonds. The minimum Gasteiger partial charge on any atom is -0.326 e. The highest BCUT2D eigenvalue weighted by Crippen LogP contribution is 2.34. The van der Waals surface area contributed by atoms with Crippen molar-refractivity contribution < 1.29 is 4.39 Å². The third-order valence-electron chi connectivity index (χ3n) is 2.75. The van der Waals surface area contributed by atoms with Crippen molar-refractivity contribution in [1.29, 1.82) is 0 Å². The Morgan fingerprint density at radius 1 is 1.24 bits per heavy atom. The number of hydrogen-bond acceptors (Lipinski definition) is 2. The van der Waals surface area contributed by atoms with E-state index in [1.54, 1.807) is 11.3 Å². The fourth-order valence-electron chi connectivity index (χ4n) is 1.78. The zero-order valence-corrected chi connectivity index (χ0v) is 10.9. The van der Waals surface area contributed by atoms with E-state index in [2.05, 4.69) is 26.0 Å². The summed E-state index contributed by atoms with van der Waals surface area (Å²) in [5.41, 5.74) is 7.57. The molecule has 17 heavy (non-hydrogen) atoms. The molecule has 0 aliphatic carbocycles. The van der Waals surface area contributed by atoms with Crippen LogP contribution in [0.1, 0.15) is 30.2 Å². The smallest absolute Gasteiger partial charge is 0.123 e. The minimum absolute atomic E-state index is 0.227. The van der Waals surface area contributed by atoms with Gasteiger partial charge in [0.15, 0.2) is 0 Å². The van der Waals surface area contributed by atoms with Crippen molar-refractivity contribution in [2.75, 3.05) is 0 Å². The van der Waals surface area contributed by atoms with E-state index in [1.807, 2.05) is 6.07 Å². The lowest BCUT2D eigenvalue weighted by atomic mass is 10.1. The highest BCUT2D eigenvalue weighted by Gasteiger charge is 2.09. The summed E-state index contributed by atoms with van der Waals surface area (Å²) in [6.07, 6.45) is 0. The van der Waals surface area contributed by atoms with Gasteiger partial charge in [0.25, 0.3) is 0 Å². The van der Waals surface area contributed by atoms with Gasteiger partial charge in [-0.05, 0) is 41.3 Å². The van der Waals surface area contributed by atoms with Crippen molar-refractivity contribution in [2.45, 2.75) is 26.3 Å². The number of halogens is 1. The first-order valence-corrected chi connectivity index (χ1v) is 6.52. The molecule has 2 rings (SSSR count). The second kappa shape index (κ2) is 4.98. The van der Waals surface area contributed by atoms with Gasteiger partial charge in [-0.1, -0.05) is 19.9 Å². The Morgan fingerprint density at radius 3 is 2.59 bits per heavy atom. The van der Waals surface area contributed by atoms with E-state index in [4.69, 9.17) is 5.73 Å². The predicted octanol–water partition coefficient (Wildman–Crippen LogP) is 4.14. The monoisotopic (exact) mass is 249 g/mol. The van der Waals surface area contributed by atoms with Gasteiger partial charge in [0.1, 0.15) is 5.82 Å². The molecule has 0 aliphatic rings. The predicted molar refractivity (Wildman–Crippen MR) is 71.7 cm³/mol. The highest BCUT2D eigenvalue weighted by atomic mass is 32.1. The molecule has 0 bridgehead atoms. The maximum atomic E-state index is 13.1. The summed E-state index contributed by atoms with van der Waals surface area (Å²) in [5, 5.41) is 0. The normalized spacial score (nSPS) is 11.1. The summed E-state index contributed by atoms with van der Waals surface area (Å²) in [6.45, 7) is 4.70. The van der Waals surface area contributed by atoms with Gasteiger partial charge in [0.05, 0.1) is 0 Å². The summed E-state index contributed by atoms with van der Waals surface area (Å²) in [6, 6.07) is 9.04. The average Bonchev–Trinajstić information content (AvgIpc) is 2.78. The summed E-state index contributed by atoms with van der Waals surface area (Å²) < 4.78 is 13.1. The molecule has 1 aromatic heterocycles. The van der Waals surface area contributed by atoms with Crippen LogP contribution in [0.2, 0.25) is 0 Å². The molecule has 1 nitrogen and oxygen atoms in total. The van der Waals surface area contributed by atoms with Gasteiger partial charge in [-0.25, -0.2) is 4.39 Å². The lowest BCUT2D eigenvalue weighted by Crippen LogP contribution is -1.99. The van der Waals surface area contributed by atoms with Gasteiger partial charge < -0.3 is 5.73 Å². The zero-order chi connectivity index (χ0) is 12.4. The average molecular weight is 249 g/mol.